The van der Waals surface area contributed by atoms with Gasteiger partial charge in [-0.05, 0) is 59.4 Å². The highest BCUT2D eigenvalue weighted by Gasteiger charge is 2.34. The summed E-state index contributed by atoms with van der Waals surface area (Å²) in [7, 11) is 0. The fourth-order valence-electron chi connectivity index (χ4n) is 4.03. The number of ether oxygens (including phenoxy) is 1. The highest BCUT2D eigenvalue weighted by Crippen LogP contribution is 2.35. The van der Waals surface area contributed by atoms with E-state index < -0.39 is 5.60 Å². The molecule has 1 fully saturated rings. The summed E-state index contributed by atoms with van der Waals surface area (Å²) in [4.78, 5) is 2.43. The van der Waals surface area contributed by atoms with E-state index in [1.54, 1.807) is 0 Å². The van der Waals surface area contributed by atoms with Crippen LogP contribution in [0.4, 0.5) is 0 Å². The summed E-state index contributed by atoms with van der Waals surface area (Å²) < 4.78 is 5.74. The number of benzene rings is 3. The van der Waals surface area contributed by atoms with E-state index in [0.29, 0.717) is 0 Å². The van der Waals surface area contributed by atoms with Crippen molar-refractivity contribution in [3.8, 4) is 5.75 Å². The van der Waals surface area contributed by atoms with Gasteiger partial charge in [-0.15, -0.1) is 0 Å². The van der Waals surface area contributed by atoms with Crippen LogP contribution in [0, 0.1) is 0 Å². The minimum Gasteiger partial charge on any atom is -0.494 e. The molecule has 0 aliphatic carbocycles. The number of hydrogen-bond donors (Lipinski definition) is 1. The number of aliphatic hydroxyl groups is 1. The molecule has 4 rings (SSSR count). The minimum atomic E-state index is -0.737. The number of hydrogen-bond acceptors (Lipinski definition) is 3. The van der Waals surface area contributed by atoms with Gasteiger partial charge in [0, 0.05) is 19.6 Å². The van der Waals surface area contributed by atoms with Crippen molar-refractivity contribution in [1.29, 1.82) is 0 Å². The maximum absolute atomic E-state index is 11.3. The van der Waals surface area contributed by atoms with Crippen molar-refractivity contribution in [3.05, 3.63) is 77.9 Å². The van der Waals surface area contributed by atoms with Gasteiger partial charge in [-0.25, -0.2) is 0 Å². The fourth-order valence-corrected chi connectivity index (χ4v) is 4.03. The van der Waals surface area contributed by atoms with Crippen LogP contribution in [0.5, 0.6) is 5.75 Å². The molecule has 0 aromatic heterocycles. The molecule has 0 atom stereocenters. The molecule has 1 N–H and O–H groups in total. The van der Waals surface area contributed by atoms with Crippen molar-refractivity contribution >= 4 is 10.8 Å². The van der Waals surface area contributed by atoms with Crippen LogP contribution in [-0.4, -0.2) is 29.7 Å². The molecule has 0 amide bonds. The second-order valence-electron chi connectivity index (χ2n) is 7.87. The lowest BCUT2D eigenvalue weighted by atomic mass is 9.83. The van der Waals surface area contributed by atoms with E-state index in [1.807, 2.05) is 6.07 Å². The van der Waals surface area contributed by atoms with Gasteiger partial charge in [0.2, 0.25) is 0 Å². The predicted molar refractivity (Wildman–Crippen MR) is 115 cm³/mol. The van der Waals surface area contributed by atoms with E-state index in [0.717, 1.165) is 67.6 Å². The highest BCUT2D eigenvalue weighted by molar-refractivity contribution is 5.84. The molecule has 1 aliphatic heterocycles. The molecule has 146 valence electrons. The van der Waals surface area contributed by atoms with Gasteiger partial charge in [-0.3, -0.25) is 4.90 Å². The SMILES string of the molecule is CCCOc1ccc2cc(C3(O)CCN(Cc4ccccc4)CC3)ccc2c1. The third-order valence-electron chi connectivity index (χ3n) is 5.75. The van der Waals surface area contributed by atoms with Gasteiger partial charge in [0.15, 0.2) is 0 Å². The topological polar surface area (TPSA) is 32.7 Å². The zero-order valence-electron chi connectivity index (χ0n) is 16.6. The predicted octanol–water partition coefficient (Wildman–Crippen LogP) is 5.11. The monoisotopic (exact) mass is 375 g/mol. The smallest absolute Gasteiger partial charge is 0.119 e. The van der Waals surface area contributed by atoms with E-state index >= 15 is 0 Å². The van der Waals surface area contributed by atoms with E-state index in [-0.39, 0.29) is 0 Å². The summed E-state index contributed by atoms with van der Waals surface area (Å²) in [6, 6.07) is 23.1. The average molecular weight is 376 g/mol. The molecule has 3 aromatic rings. The van der Waals surface area contributed by atoms with Crippen molar-refractivity contribution in [3.63, 3.8) is 0 Å². The van der Waals surface area contributed by atoms with Gasteiger partial charge >= 0.3 is 0 Å². The average Bonchev–Trinajstić information content (AvgIpc) is 2.74. The standard InChI is InChI=1S/C25H29NO2/c1-2-16-28-24-11-9-21-17-23(10-8-22(21)18-24)25(27)12-14-26(15-13-25)19-20-6-4-3-5-7-20/h3-11,17-18,27H,2,12-16,19H2,1H3. The first-order valence-corrected chi connectivity index (χ1v) is 10.3. The number of rotatable bonds is 6. The van der Waals surface area contributed by atoms with Crippen LogP contribution < -0.4 is 4.74 Å². The maximum Gasteiger partial charge on any atom is 0.119 e. The Kier molecular flexibility index (Phi) is 5.65. The first-order chi connectivity index (χ1) is 13.7. The van der Waals surface area contributed by atoms with Crippen molar-refractivity contribution < 1.29 is 9.84 Å². The normalized spacial score (nSPS) is 16.9. The first kappa shape index (κ1) is 19.0. The van der Waals surface area contributed by atoms with Crippen LogP contribution in [0.2, 0.25) is 0 Å². The van der Waals surface area contributed by atoms with Gasteiger partial charge in [0.05, 0.1) is 12.2 Å². The fraction of sp³-hybridized carbons (Fsp3) is 0.360. The molecule has 3 heteroatoms. The largest absolute Gasteiger partial charge is 0.494 e. The Morgan fingerprint density at radius 3 is 2.39 bits per heavy atom. The molecule has 0 saturated carbocycles. The van der Waals surface area contributed by atoms with Crippen LogP contribution in [0.25, 0.3) is 10.8 Å². The van der Waals surface area contributed by atoms with Crippen LogP contribution in [0.1, 0.15) is 37.3 Å². The molecule has 0 unspecified atom stereocenters. The summed E-state index contributed by atoms with van der Waals surface area (Å²) in [5.41, 5.74) is 1.63. The molecule has 1 heterocycles. The third kappa shape index (κ3) is 4.21. The molecule has 3 nitrogen and oxygen atoms in total. The highest BCUT2D eigenvalue weighted by atomic mass is 16.5. The lowest BCUT2D eigenvalue weighted by Crippen LogP contribution is -2.42. The van der Waals surface area contributed by atoms with Crippen molar-refractivity contribution in [1.82, 2.24) is 4.90 Å². The lowest BCUT2D eigenvalue weighted by molar-refractivity contribution is -0.0276. The van der Waals surface area contributed by atoms with Crippen molar-refractivity contribution in [2.24, 2.45) is 0 Å². The molecule has 0 spiro atoms. The first-order valence-electron chi connectivity index (χ1n) is 10.3. The van der Waals surface area contributed by atoms with E-state index in [1.165, 1.54) is 5.56 Å². The Labute approximate surface area is 167 Å². The number of nitrogens with zero attached hydrogens (tertiary/aromatic N) is 1. The van der Waals surface area contributed by atoms with Crippen molar-refractivity contribution in [2.45, 2.75) is 38.3 Å². The summed E-state index contributed by atoms with van der Waals surface area (Å²) in [5, 5.41) is 13.6. The quantitative estimate of drug-likeness (QED) is 0.650. The van der Waals surface area contributed by atoms with Gasteiger partial charge in [-0.1, -0.05) is 55.5 Å². The van der Waals surface area contributed by atoms with E-state index in [4.69, 9.17) is 4.74 Å². The maximum atomic E-state index is 11.3. The van der Waals surface area contributed by atoms with Crippen LogP contribution >= 0.6 is 0 Å². The Morgan fingerprint density at radius 1 is 0.929 bits per heavy atom. The number of fused-ring (bicyclic) bond motifs is 1. The van der Waals surface area contributed by atoms with E-state index in [2.05, 4.69) is 72.5 Å². The third-order valence-corrected chi connectivity index (χ3v) is 5.75. The summed E-state index contributed by atoms with van der Waals surface area (Å²) in [5.74, 6) is 0.912. The summed E-state index contributed by atoms with van der Waals surface area (Å²) in [6.07, 6.45) is 2.54. The summed E-state index contributed by atoms with van der Waals surface area (Å²) in [6.45, 7) is 5.62. The van der Waals surface area contributed by atoms with Gasteiger partial charge in [0.25, 0.3) is 0 Å². The van der Waals surface area contributed by atoms with Crippen LogP contribution in [0.3, 0.4) is 0 Å². The van der Waals surface area contributed by atoms with Crippen LogP contribution in [-0.2, 0) is 12.1 Å². The minimum absolute atomic E-state index is 0.737. The van der Waals surface area contributed by atoms with Gasteiger partial charge < -0.3 is 9.84 Å². The van der Waals surface area contributed by atoms with Gasteiger partial charge in [0.1, 0.15) is 5.75 Å². The zero-order valence-corrected chi connectivity index (χ0v) is 16.6. The van der Waals surface area contributed by atoms with Crippen LogP contribution in [0.15, 0.2) is 66.7 Å². The summed E-state index contributed by atoms with van der Waals surface area (Å²) >= 11 is 0. The molecule has 3 aromatic carbocycles. The van der Waals surface area contributed by atoms with Gasteiger partial charge in [-0.2, -0.15) is 0 Å². The molecular formula is C25H29NO2. The second-order valence-corrected chi connectivity index (χ2v) is 7.87. The number of piperidine rings is 1. The van der Waals surface area contributed by atoms with E-state index in [9.17, 15) is 5.11 Å². The zero-order chi connectivity index (χ0) is 19.4. The Balaban J connectivity index is 1.45. The molecule has 1 saturated heterocycles. The molecule has 1 aliphatic rings. The van der Waals surface area contributed by atoms with Crippen molar-refractivity contribution in [2.75, 3.05) is 19.7 Å². The molecule has 0 radical (unpaired) electrons. The lowest BCUT2D eigenvalue weighted by Gasteiger charge is -2.38. The number of likely N-dealkylation sites (tertiary alicyclic amines) is 1. The molecule has 0 bridgehead atoms. The Bertz CT molecular complexity index is 914. The second kappa shape index (κ2) is 8.34. The Morgan fingerprint density at radius 2 is 1.64 bits per heavy atom. The Hall–Kier alpha value is -2.36. The molecule has 28 heavy (non-hydrogen) atoms. The molecular weight excluding hydrogens is 346 g/mol.